The van der Waals surface area contributed by atoms with Crippen LogP contribution < -0.4 is 0 Å². The Morgan fingerprint density at radius 2 is 1.62 bits per heavy atom. The van der Waals surface area contributed by atoms with Crippen molar-refractivity contribution in [1.82, 2.24) is 0 Å². The number of halogens is 2. The summed E-state index contributed by atoms with van der Waals surface area (Å²) in [4.78, 5) is 10.1. The number of rotatable bonds is 0. The molecule has 3 nitrogen and oxygen atoms in total. The summed E-state index contributed by atoms with van der Waals surface area (Å²) in [7, 11) is 0. The SMILES string of the molecule is O=C1OC(Cl)C(Cl)O1. The topological polar surface area (TPSA) is 35.5 Å². The second-order valence-electron chi connectivity index (χ2n) is 1.19. The van der Waals surface area contributed by atoms with Crippen LogP contribution in [0.4, 0.5) is 4.79 Å². The van der Waals surface area contributed by atoms with Gasteiger partial charge in [-0.15, -0.1) is 0 Å². The van der Waals surface area contributed by atoms with Gasteiger partial charge in [0.15, 0.2) is 0 Å². The lowest BCUT2D eigenvalue weighted by Crippen LogP contribution is -2.07. The van der Waals surface area contributed by atoms with E-state index in [-0.39, 0.29) is 0 Å². The zero-order valence-electron chi connectivity index (χ0n) is 3.64. The zero-order valence-corrected chi connectivity index (χ0v) is 5.15. The minimum Gasteiger partial charge on any atom is -0.409 e. The molecule has 1 fully saturated rings. The van der Waals surface area contributed by atoms with Crippen molar-refractivity contribution in [2.24, 2.45) is 0 Å². The first kappa shape index (κ1) is 5.98. The van der Waals surface area contributed by atoms with E-state index in [0.29, 0.717) is 0 Å². The van der Waals surface area contributed by atoms with Crippen molar-refractivity contribution in [1.29, 1.82) is 0 Å². The summed E-state index contributed by atoms with van der Waals surface area (Å²) >= 11 is 10.5. The summed E-state index contributed by atoms with van der Waals surface area (Å²) in [6, 6.07) is 0. The van der Waals surface area contributed by atoms with Crippen LogP contribution in [0, 0.1) is 0 Å². The Balaban J connectivity index is 2.51. The Labute approximate surface area is 55.5 Å². The molecule has 46 valence electrons. The molecule has 0 radical (unpaired) electrons. The summed E-state index contributed by atoms with van der Waals surface area (Å²) in [6.45, 7) is 0. The van der Waals surface area contributed by atoms with Gasteiger partial charge in [-0.05, 0) is 0 Å². The van der Waals surface area contributed by atoms with Gasteiger partial charge in [-0.1, -0.05) is 23.2 Å². The molecule has 8 heavy (non-hydrogen) atoms. The lowest BCUT2D eigenvalue weighted by atomic mass is 10.8. The second kappa shape index (κ2) is 1.99. The maximum absolute atomic E-state index is 10.1. The molecule has 1 aliphatic heterocycles. The van der Waals surface area contributed by atoms with Gasteiger partial charge >= 0.3 is 6.16 Å². The third kappa shape index (κ3) is 0.980. The smallest absolute Gasteiger partial charge is 0.409 e. The van der Waals surface area contributed by atoms with Crippen LogP contribution in [0.15, 0.2) is 0 Å². The molecule has 1 saturated heterocycles. The molecule has 1 heterocycles. The standard InChI is InChI=1S/C3H2Cl2O3/c4-1-2(5)8-3(6)7-1/h1-2H. The van der Waals surface area contributed by atoms with Gasteiger partial charge in [0.1, 0.15) is 0 Å². The molecule has 1 aliphatic rings. The lowest BCUT2D eigenvalue weighted by Gasteiger charge is -1.95. The zero-order chi connectivity index (χ0) is 6.15. The summed E-state index contributed by atoms with van der Waals surface area (Å²) in [5, 5.41) is 0. The van der Waals surface area contributed by atoms with E-state index in [2.05, 4.69) is 9.47 Å². The van der Waals surface area contributed by atoms with E-state index in [1.165, 1.54) is 0 Å². The summed E-state index contributed by atoms with van der Waals surface area (Å²) < 4.78 is 8.49. The number of carbonyl (C=O) groups excluding carboxylic acids is 1. The number of hydrogen-bond donors (Lipinski definition) is 0. The predicted molar refractivity (Wildman–Crippen MR) is 26.8 cm³/mol. The van der Waals surface area contributed by atoms with Crippen LogP contribution in [0.1, 0.15) is 0 Å². The third-order valence-corrected chi connectivity index (χ3v) is 1.39. The number of hydrogen-bond acceptors (Lipinski definition) is 3. The normalized spacial score (nSPS) is 36.5. The van der Waals surface area contributed by atoms with Crippen LogP contribution in [0.5, 0.6) is 0 Å². The minimum absolute atomic E-state index is 0.815. The van der Waals surface area contributed by atoms with Crippen LogP contribution in [-0.2, 0) is 9.47 Å². The van der Waals surface area contributed by atoms with Gasteiger partial charge in [0.2, 0.25) is 11.1 Å². The van der Waals surface area contributed by atoms with E-state index in [1.54, 1.807) is 0 Å². The fraction of sp³-hybridized carbons (Fsp3) is 0.667. The van der Waals surface area contributed by atoms with Crippen LogP contribution >= 0.6 is 23.2 Å². The van der Waals surface area contributed by atoms with Crippen molar-refractivity contribution < 1.29 is 14.3 Å². The summed E-state index contributed by atoms with van der Waals surface area (Å²) in [5.74, 6) is 0. The van der Waals surface area contributed by atoms with Crippen molar-refractivity contribution >= 4 is 29.4 Å². The second-order valence-corrected chi connectivity index (χ2v) is 2.05. The Morgan fingerprint density at radius 3 is 1.75 bits per heavy atom. The number of alkyl halides is 2. The Hall–Kier alpha value is -0.150. The predicted octanol–water partition coefficient (Wildman–Crippen LogP) is 1.28. The first-order valence-electron chi connectivity index (χ1n) is 1.85. The highest BCUT2D eigenvalue weighted by Crippen LogP contribution is 2.20. The van der Waals surface area contributed by atoms with Gasteiger partial charge < -0.3 is 9.47 Å². The van der Waals surface area contributed by atoms with Crippen molar-refractivity contribution in [3.63, 3.8) is 0 Å². The Morgan fingerprint density at radius 1 is 1.25 bits per heavy atom. The number of carbonyl (C=O) groups is 1. The van der Waals surface area contributed by atoms with Gasteiger partial charge in [0, 0.05) is 0 Å². The quantitative estimate of drug-likeness (QED) is 0.392. The first-order valence-corrected chi connectivity index (χ1v) is 2.73. The molecule has 0 N–H and O–H groups in total. The molecule has 0 saturated carbocycles. The average Bonchev–Trinajstić information content (AvgIpc) is 1.85. The third-order valence-electron chi connectivity index (χ3n) is 0.624. The number of cyclic esters (lactones) is 2. The van der Waals surface area contributed by atoms with Crippen molar-refractivity contribution in [3.8, 4) is 0 Å². The van der Waals surface area contributed by atoms with Gasteiger partial charge in [-0.25, -0.2) is 4.79 Å². The van der Waals surface area contributed by atoms with Crippen molar-refractivity contribution in [2.75, 3.05) is 0 Å². The molecule has 5 heteroatoms. The molecule has 2 atom stereocenters. The van der Waals surface area contributed by atoms with Gasteiger partial charge in [0.25, 0.3) is 0 Å². The highest BCUT2D eigenvalue weighted by atomic mass is 35.5. The van der Waals surface area contributed by atoms with Gasteiger partial charge in [0.05, 0.1) is 0 Å². The molecular formula is C3H2Cl2O3. The highest BCUT2D eigenvalue weighted by Gasteiger charge is 2.32. The van der Waals surface area contributed by atoms with E-state index in [9.17, 15) is 4.79 Å². The van der Waals surface area contributed by atoms with E-state index >= 15 is 0 Å². The largest absolute Gasteiger partial charge is 0.511 e. The maximum atomic E-state index is 10.1. The monoisotopic (exact) mass is 156 g/mol. The van der Waals surface area contributed by atoms with E-state index in [4.69, 9.17) is 23.2 Å². The molecule has 0 aliphatic carbocycles. The maximum Gasteiger partial charge on any atom is 0.511 e. The average molecular weight is 157 g/mol. The van der Waals surface area contributed by atoms with Crippen molar-refractivity contribution in [3.05, 3.63) is 0 Å². The summed E-state index contributed by atoms with van der Waals surface area (Å²) in [5.41, 5.74) is -1.69. The fourth-order valence-corrected chi connectivity index (χ4v) is 0.567. The molecular weight excluding hydrogens is 155 g/mol. The van der Waals surface area contributed by atoms with Crippen LogP contribution in [0.3, 0.4) is 0 Å². The van der Waals surface area contributed by atoms with Gasteiger partial charge in [-0.2, -0.15) is 0 Å². The van der Waals surface area contributed by atoms with Crippen LogP contribution in [0.25, 0.3) is 0 Å². The molecule has 1 rings (SSSR count). The molecule has 0 bridgehead atoms. The Bertz CT molecular complexity index is 103. The Kier molecular flexibility index (Phi) is 1.49. The highest BCUT2D eigenvalue weighted by molar-refractivity contribution is 6.29. The number of ether oxygens (including phenoxy) is 2. The first-order chi connectivity index (χ1) is 3.70. The van der Waals surface area contributed by atoms with E-state index < -0.39 is 17.3 Å². The summed E-state index contributed by atoms with van der Waals surface area (Å²) in [6.07, 6.45) is -0.815. The van der Waals surface area contributed by atoms with E-state index in [0.717, 1.165) is 0 Å². The molecule has 0 aromatic carbocycles. The molecule has 2 unspecified atom stereocenters. The van der Waals surface area contributed by atoms with Crippen LogP contribution in [0.2, 0.25) is 0 Å². The minimum atomic E-state index is -0.843. The molecule has 0 amide bonds. The lowest BCUT2D eigenvalue weighted by molar-refractivity contribution is 0.126. The molecule has 0 aromatic heterocycles. The van der Waals surface area contributed by atoms with Crippen LogP contribution in [-0.4, -0.2) is 17.3 Å². The van der Waals surface area contributed by atoms with Gasteiger partial charge in [-0.3, -0.25) is 0 Å². The van der Waals surface area contributed by atoms with Crippen molar-refractivity contribution in [2.45, 2.75) is 11.1 Å². The fourth-order valence-electron chi connectivity index (χ4n) is 0.319. The van der Waals surface area contributed by atoms with E-state index in [1.807, 2.05) is 0 Å². The molecule has 0 aromatic rings. The molecule has 0 spiro atoms.